The number of urea groups is 1. The number of aromatic amines is 1. The molecule has 9 nitrogen and oxygen atoms in total. The number of pyridine rings is 1. The van der Waals surface area contributed by atoms with Gasteiger partial charge in [0.15, 0.2) is 6.61 Å². The lowest BCUT2D eigenvalue weighted by Gasteiger charge is -2.08. The number of fused-ring (bicyclic) bond motifs is 1. The average molecular weight is 347 g/mol. The number of para-hydroxylation sites is 1. The lowest BCUT2D eigenvalue weighted by Crippen LogP contribution is -2.42. The molecule has 3 N–H and O–H groups in total. The molecule has 0 saturated carbocycles. The van der Waals surface area contributed by atoms with E-state index in [1.165, 1.54) is 7.11 Å². The number of H-pyrrole nitrogens is 1. The summed E-state index contributed by atoms with van der Waals surface area (Å²) in [7, 11) is 1.47. The summed E-state index contributed by atoms with van der Waals surface area (Å²) in [6.07, 6.45) is 0. The zero-order valence-corrected chi connectivity index (χ0v) is 13.5. The zero-order chi connectivity index (χ0) is 18.2. The van der Waals surface area contributed by atoms with E-state index in [0.717, 1.165) is 6.07 Å². The second-order valence-electron chi connectivity index (χ2n) is 4.97. The molecule has 0 atom stereocenters. The molecule has 2 aromatic rings. The summed E-state index contributed by atoms with van der Waals surface area (Å²) in [6.45, 7) is -0.127. The van der Waals surface area contributed by atoms with Crippen molar-refractivity contribution in [2.75, 3.05) is 26.9 Å². The van der Waals surface area contributed by atoms with Gasteiger partial charge in [0.1, 0.15) is 0 Å². The third-order valence-corrected chi connectivity index (χ3v) is 3.15. The van der Waals surface area contributed by atoms with E-state index < -0.39 is 30.1 Å². The van der Waals surface area contributed by atoms with Gasteiger partial charge in [-0.25, -0.2) is 9.59 Å². The van der Waals surface area contributed by atoms with Gasteiger partial charge < -0.3 is 19.8 Å². The number of methoxy groups -OCH3 is 1. The number of carbonyl (C=O) groups is 3. The summed E-state index contributed by atoms with van der Waals surface area (Å²) in [4.78, 5) is 49.3. The van der Waals surface area contributed by atoms with E-state index in [1.807, 2.05) is 5.32 Å². The summed E-state index contributed by atoms with van der Waals surface area (Å²) < 4.78 is 9.62. The van der Waals surface area contributed by atoms with Crippen molar-refractivity contribution in [1.29, 1.82) is 0 Å². The fourth-order valence-electron chi connectivity index (χ4n) is 2.06. The van der Waals surface area contributed by atoms with E-state index in [9.17, 15) is 19.2 Å². The molecule has 0 unspecified atom stereocenters. The molecule has 1 aromatic carbocycles. The van der Waals surface area contributed by atoms with Gasteiger partial charge in [0.2, 0.25) is 5.56 Å². The maximum atomic E-state index is 12.1. The fraction of sp³-hybridized carbons (Fsp3) is 0.250. The maximum Gasteiger partial charge on any atom is 0.339 e. The van der Waals surface area contributed by atoms with Crippen molar-refractivity contribution in [3.63, 3.8) is 0 Å². The Morgan fingerprint density at radius 2 is 1.96 bits per heavy atom. The van der Waals surface area contributed by atoms with Crippen molar-refractivity contribution in [3.8, 4) is 0 Å². The van der Waals surface area contributed by atoms with Crippen LogP contribution >= 0.6 is 0 Å². The highest BCUT2D eigenvalue weighted by atomic mass is 16.5. The average Bonchev–Trinajstić information content (AvgIpc) is 2.59. The first-order chi connectivity index (χ1) is 12.0. The maximum absolute atomic E-state index is 12.1. The van der Waals surface area contributed by atoms with Crippen LogP contribution in [0.25, 0.3) is 10.9 Å². The van der Waals surface area contributed by atoms with Crippen LogP contribution in [0, 0.1) is 0 Å². The van der Waals surface area contributed by atoms with E-state index in [4.69, 9.17) is 9.47 Å². The van der Waals surface area contributed by atoms with Crippen molar-refractivity contribution in [2.24, 2.45) is 0 Å². The molecule has 0 radical (unpaired) electrons. The number of amides is 3. The highest BCUT2D eigenvalue weighted by molar-refractivity contribution is 6.04. The van der Waals surface area contributed by atoms with E-state index in [2.05, 4.69) is 10.3 Å². The highest BCUT2D eigenvalue weighted by Crippen LogP contribution is 2.15. The summed E-state index contributed by atoms with van der Waals surface area (Å²) >= 11 is 0. The molecule has 2 rings (SSSR count). The molecule has 3 amide bonds. The first-order valence-corrected chi connectivity index (χ1v) is 7.37. The van der Waals surface area contributed by atoms with Crippen LogP contribution in [-0.4, -0.2) is 49.8 Å². The number of rotatable bonds is 6. The van der Waals surface area contributed by atoms with Crippen LogP contribution in [0.1, 0.15) is 10.4 Å². The fourth-order valence-corrected chi connectivity index (χ4v) is 2.06. The van der Waals surface area contributed by atoms with Gasteiger partial charge in [-0.1, -0.05) is 18.2 Å². The molecule has 0 aliphatic rings. The Kier molecular flexibility index (Phi) is 6.24. The molecule has 0 aliphatic carbocycles. The molecule has 132 valence electrons. The second kappa shape index (κ2) is 8.60. The minimum atomic E-state index is -0.836. The molecule has 1 aromatic heterocycles. The van der Waals surface area contributed by atoms with Gasteiger partial charge in [-0.3, -0.25) is 14.9 Å². The molecule has 25 heavy (non-hydrogen) atoms. The predicted molar refractivity (Wildman–Crippen MR) is 88.3 cm³/mol. The van der Waals surface area contributed by atoms with Gasteiger partial charge >= 0.3 is 12.0 Å². The summed E-state index contributed by atoms with van der Waals surface area (Å²) in [5, 5.41) is 4.88. The Hall–Kier alpha value is -3.20. The smallest absolute Gasteiger partial charge is 0.339 e. The van der Waals surface area contributed by atoms with Crippen molar-refractivity contribution in [3.05, 3.63) is 46.2 Å². The molecular formula is C16H17N3O6. The first kappa shape index (κ1) is 18.1. The number of nitrogens with one attached hydrogen (secondary N) is 3. The molecule has 0 fully saturated rings. The Balaban J connectivity index is 1.96. The van der Waals surface area contributed by atoms with Crippen LogP contribution in [0.2, 0.25) is 0 Å². The summed E-state index contributed by atoms with van der Waals surface area (Å²) in [6, 6.07) is 7.08. The molecule has 0 saturated heterocycles. The van der Waals surface area contributed by atoms with Gasteiger partial charge in [0.25, 0.3) is 5.91 Å². The van der Waals surface area contributed by atoms with Crippen molar-refractivity contribution < 1.29 is 23.9 Å². The monoisotopic (exact) mass is 347 g/mol. The third kappa shape index (κ3) is 5.15. The normalized spacial score (nSPS) is 10.3. The Bertz CT molecular complexity index is 845. The number of esters is 1. The Morgan fingerprint density at radius 1 is 1.20 bits per heavy atom. The topological polar surface area (TPSA) is 127 Å². The number of ether oxygens (including phenoxy) is 2. The van der Waals surface area contributed by atoms with Crippen LogP contribution in [0.4, 0.5) is 4.79 Å². The van der Waals surface area contributed by atoms with E-state index in [-0.39, 0.29) is 12.1 Å². The molecule has 1 heterocycles. The van der Waals surface area contributed by atoms with E-state index in [1.54, 1.807) is 24.3 Å². The van der Waals surface area contributed by atoms with Crippen LogP contribution in [0.15, 0.2) is 35.1 Å². The zero-order valence-electron chi connectivity index (χ0n) is 13.5. The molecule has 0 bridgehead atoms. The molecule has 0 aliphatic heterocycles. The molecular weight excluding hydrogens is 330 g/mol. The Morgan fingerprint density at radius 3 is 2.72 bits per heavy atom. The molecule has 0 spiro atoms. The first-order valence-electron chi connectivity index (χ1n) is 7.37. The van der Waals surface area contributed by atoms with Gasteiger partial charge in [-0.05, 0) is 6.07 Å². The number of hydrogen-bond acceptors (Lipinski definition) is 6. The van der Waals surface area contributed by atoms with Crippen molar-refractivity contribution >= 4 is 28.8 Å². The van der Waals surface area contributed by atoms with Crippen LogP contribution in [0.3, 0.4) is 0 Å². The summed E-state index contributed by atoms with van der Waals surface area (Å²) in [5.74, 6) is -1.63. The van der Waals surface area contributed by atoms with E-state index >= 15 is 0 Å². The van der Waals surface area contributed by atoms with Gasteiger partial charge in [-0.2, -0.15) is 0 Å². The Labute approximate surface area is 142 Å². The number of imide groups is 1. The quantitative estimate of drug-likeness (QED) is 0.505. The lowest BCUT2D eigenvalue weighted by molar-refractivity contribution is -0.123. The minimum Gasteiger partial charge on any atom is -0.452 e. The van der Waals surface area contributed by atoms with Gasteiger partial charge in [0, 0.05) is 30.6 Å². The number of benzene rings is 1. The number of carbonyl (C=O) groups excluding carboxylic acids is 3. The largest absolute Gasteiger partial charge is 0.452 e. The van der Waals surface area contributed by atoms with Crippen LogP contribution in [0.5, 0.6) is 0 Å². The van der Waals surface area contributed by atoms with Gasteiger partial charge in [-0.15, -0.1) is 0 Å². The highest BCUT2D eigenvalue weighted by Gasteiger charge is 2.15. The SMILES string of the molecule is COCCNC(=O)NC(=O)COC(=O)c1cc(=O)[nH]c2ccccc12. The van der Waals surface area contributed by atoms with Crippen LogP contribution < -0.4 is 16.2 Å². The minimum absolute atomic E-state index is 0.0386. The standard InChI is InChI=1S/C16H17N3O6/c1-24-7-6-17-16(23)19-14(21)9-25-15(22)11-8-13(20)18-12-5-3-2-4-10(11)12/h2-5,8H,6-7,9H2,1H3,(H,18,20)(H2,17,19,21,23). The van der Waals surface area contributed by atoms with Crippen molar-refractivity contribution in [1.82, 2.24) is 15.6 Å². The predicted octanol–water partition coefficient (Wildman–Crippen LogP) is 0.157. The summed E-state index contributed by atoms with van der Waals surface area (Å²) in [5.41, 5.74) is 0.0493. The lowest BCUT2D eigenvalue weighted by atomic mass is 10.1. The van der Waals surface area contributed by atoms with Crippen LogP contribution in [-0.2, 0) is 14.3 Å². The number of aromatic nitrogens is 1. The molecule has 9 heteroatoms. The van der Waals surface area contributed by atoms with Crippen molar-refractivity contribution in [2.45, 2.75) is 0 Å². The second-order valence-corrected chi connectivity index (χ2v) is 4.97. The third-order valence-electron chi connectivity index (χ3n) is 3.15. The van der Waals surface area contributed by atoms with Gasteiger partial charge in [0.05, 0.1) is 12.2 Å². The van der Waals surface area contributed by atoms with E-state index in [0.29, 0.717) is 17.5 Å². The number of hydrogen-bond donors (Lipinski definition) is 3.